The normalized spacial score (nSPS) is 9.00. The van der Waals surface area contributed by atoms with Gasteiger partial charge in [0.2, 0.25) is 0 Å². The Morgan fingerprint density at radius 1 is 1.33 bits per heavy atom. The minimum absolute atomic E-state index is 0.417. The second-order valence-corrected chi connectivity index (χ2v) is 2.10. The van der Waals surface area contributed by atoms with E-state index in [0.29, 0.717) is 10.6 Å². The molecule has 0 fully saturated rings. The van der Waals surface area contributed by atoms with Crippen molar-refractivity contribution >= 4 is 18.1 Å². The van der Waals surface area contributed by atoms with Crippen LogP contribution in [-0.4, -0.2) is 12.4 Å². The third kappa shape index (κ3) is 1.60. The molecule has 4 heteroatoms. The summed E-state index contributed by atoms with van der Waals surface area (Å²) in [4.78, 5) is 21.6. The van der Waals surface area contributed by atoms with Crippen LogP contribution in [0.1, 0.15) is 0 Å². The number of hydrogen-bond donors (Lipinski definition) is 1. The summed E-state index contributed by atoms with van der Waals surface area (Å²) in [5.74, 6) is 0. The van der Waals surface area contributed by atoms with Gasteiger partial charge in [-0.2, -0.15) is 0 Å². The fourth-order valence-corrected chi connectivity index (χ4v) is 0.802. The van der Waals surface area contributed by atoms with Crippen molar-refractivity contribution in [3.63, 3.8) is 0 Å². The van der Waals surface area contributed by atoms with Crippen LogP contribution in [0.15, 0.2) is 30.3 Å². The van der Waals surface area contributed by atoms with E-state index in [1.165, 1.54) is 6.41 Å². The van der Waals surface area contributed by atoms with Gasteiger partial charge < -0.3 is 5.73 Å². The molecule has 0 aromatic heterocycles. The highest BCUT2D eigenvalue weighted by molar-refractivity contribution is 6.05. The number of imide groups is 1. The second-order valence-electron chi connectivity index (χ2n) is 2.10. The maximum atomic E-state index is 10.6. The van der Waals surface area contributed by atoms with Gasteiger partial charge >= 0.3 is 12.4 Å². The standard InChI is InChI=1S/C8H7N2O2/c9-8(12)10(6-11)7-4-2-1-3-5-7/h1-5H,(H2,9,12). The topological polar surface area (TPSA) is 63.4 Å². The molecule has 0 aliphatic heterocycles. The zero-order chi connectivity index (χ0) is 8.97. The van der Waals surface area contributed by atoms with E-state index in [9.17, 15) is 9.59 Å². The first-order valence-electron chi connectivity index (χ1n) is 3.28. The molecule has 61 valence electrons. The van der Waals surface area contributed by atoms with Gasteiger partial charge in [-0.05, 0) is 12.1 Å². The average molecular weight is 163 g/mol. The molecule has 1 radical (unpaired) electrons. The van der Waals surface area contributed by atoms with Crippen LogP contribution in [0.25, 0.3) is 0 Å². The average Bonchev–Trinajstić information content (AvgIpc) is 2.07. The van der Waals surface area contributed by atoms with Gasteiger partial charge in [-0.25, -0.2) is 9.69 Å². The van der Waals surface area contributed by atoms with Gasteiger partial charge in [-0.1, -0.05) is 18.2 Å². The van der Waals surface area contributed by atoms with E-state index in [4.69, 9.17) is 5.73 Å². The quantitative estimate of drug-likeness (QED) is 0.650. The Bertz CT molecular complexity index is 284. The van der Waals surface area contributed by atoms with Gasteiger partial charge in [0.1, 0.15) is 0 Å². The maximum absolute atomic E-state index is 10.6. The molecule has 0 unspecified atom stereocenters. The summed E-state index contributed by atoms with van der Waals surface area (Å²) < 4.78 is 0. The van der Waals surface area contributed by atoms with Gasteiger partial charge in [0.25, 0.3) is 0 Å². The Labute approximate surface area is 69.6 Å². The van der Waals surface area contributed by atoms with Crippen LogP contribution >= 0.6 is 0 Å². The van der Waals surface area contributed by atoms with Crippen LogP contribution in [0.5, 0.6) is 0 Å². The van der Waals surface area contributed by atoms with E-state index in [2.05, 4.69) is 0 Å². The summed E-state index contributed by atoms with van der Waals surface area (Å²) in [7, 11) is 0. The van der Waals surface area contributed by atoms with Gasteiger partial charge in [0, 0.05) is 0 Å². The van der Waals surface area contributed by atoms with Gasteiger partial charge in [0.05, 0.1) is 5.69 Å². The van der Waals surface area contributed by atoms with Crippen molar-refractivity contribution < 1.29 is 9.59 Å². The molecule has 1 aromatic rings. The Kier molecular flexibility index (Phi) is 2.42. The molecule has 4 nitrogen and oxygen atoms in total. The van der Waals surface area contributed by atoms with Crippen LogP contribution in [0, 0.1) is 0 Å². The Hall–Kier alpha value is -1.84. The lowest BCUT2D eigenvalue weighted by Gasteiger charge is -2.09. The Morgan fingerprint density at radius 3 is 2.33 bits per heavy atom. The van der Waals surface area contributed by atoms with Crippen molar-refractivity contribution in [3.8, 4) is 0 Å². The number of para-hydroxylation sites is 1. The van der Waals surface area contributed by atoms with Gasteiger partial charge in [-0.3, -0.25) is 4.79 Å². The molecule has 0 aliphatic carbocycles. The number of benzene rings is 1. The predicted octanol–water partition coefficient (Wildman–Crippen LogP) is 0.639. The molecule has 12 heavy (non-hydrogen) atoms. The summed E-state index contributed by atoms with van der Waals surface area (Å²) >= 11 is 0. The van der Waals surface area contributed by atoms with Crippen molar-refractivity contribution in [1.29, 1.82) is 0 Å². The summed E-state index contributed by atoms with van der Waals surface area (Å²) in [5, 5.41) is 0. The van der Waals surface area contributed by atoms with Crippen molar-refractivity contribution in [3.05, 3.63) is 30.3 Å². The van der Waals surface area contributed by atoms with Crippen LogP contribution in [-0.2, 0) is 4.79 Å². The molecule has 0 bridgehead atoms. The van der Waals surface area contributed by atoms with Crippen molar-refractivity contribution in [2.45, 2.75) is 0 Å². The van der Waals surface area contributed by atoms with Gasteiger partial charge in [-0.15, -0.1) is 0 Å². The number of nitrogens with zero attached hydrogens (tertiary/aromatic N) is 1. The summed E-state index contributed by atoms with van der Waals surface area (Å²) in [6.07, 6.45) is 1.43. The first kappa shape index (κ1) is 8.26. The van der Waals surface area contributed by atoms with Crippen molar-refractivity contribution in [2.75, 3.05) is 4.90 Å². The van der Waals surface area contributed by atoms with E-state index in [1.807, 2.05) is 0 Å². The summed E-state index contributed by atoms with van der Waals surface area (Å²) in [6, 6.07) is 7.51. The predicted molar refractivity (Wildman–Crippen MR) is 44.2 cm³/mol. The monoisotopic (exact) mass is 163 g/mol. The third-order valence-electron chi connectivity index (χ3n) is 1.33. The summed E-state index contributed by atoms with van der Waals surface area (Å²) in [5.41, 5.74) is 5.32. The molecule has 0 atom stereocenters. The summed E-state index contributed by atoms with van der Waals surface area (Å²) in [6.45, 7) is 0. The zero-order valence-corrected chi connectivity index (χ0v) is 6.23. The first-order chi connectivity index (χ1) is 5.75. The number of amides is 3. The molecular weight excluding hydrogens is 156 g/mol. The number of anilines is 1. The van der Waals surface area contributed by atoms with Crippen LogP contribution in [0.4, 0.5) is 10.5 Å². The zero-order valence-electron chi connectivity index (χ0n) is 6.23. The van der Waals surface area contributed by atoms with E-state index < -0.39 is 6.03 Å². The lowest BCUT2D eigenvalue weighted by Crippen LogP contribution is -2.34. The fourth-order valence-electron chi connectivity index (χ4n) is 0.802. The maximum Gasteiger partial charge on any atom is 0.326 e. The minimum Gasteiger partial charge on any atom is -0.351 e. The molecule has 0 aliphatic rings. The number of carbonyl (C=O) groups excluding carboxylic acids is 2. The molecule has 0 spiro atoms. The fraction of sp³-hybridized carbons (Fsp3) is 0. The van der Waals surface area contributed by atoms with E-state index in [0.717, 1.165) is 0 Å². The molecular formula is C8H7N2O2. The highest BCUT2D eigenvalue weighted by Crippen LogP contribution is 2.09. The lowest BCUT2D eigenvalue weighted by atomic mass is 10.3. The van der Waals surface area contributed by atoms with E-state index in [-0.39, 0.29) is 0 Å². The number of primary amides is 1. The number of carbonyl (C=O) groups is 1. The van der Waals surface area contributed by atoms with Crippen LogP contribution < -0.4 is 10.6 Å². The lowest BCUT2D eigenvalue weighted by molar-refractivity contribution is 0.256. The van der Waals surface area contributed by atoms with E-state index in [1.54, 1.807) is 30.3 Å². The Morgan fingerprint density at radius 2 is 1.92 bits per heavy atom. The molecule has 0 saturated carbocycles. The number of urea groups is 1. The number of rotatable bonds is 2. The third-order valence-corrected chi connectivity index (χ3v) is 1.33. The molecule has 0 heterocycles. The first-order valence-corrected chi connectivity index (χ1v) is 3.28. The van der Waals surface area contributed by atoms with Crippen LogP contribution in [0.3, 0.4) is 0 Å². The van der Waals surface area contributed by atoms with Gasteiger partial charge in [0.15, 0.2) is 0 Å². The molecule has 2 N–H and O–H groups in total. The van der Waals surface area contributed by atoms with Crippen molar-refractivity contribution in [1.82, 2.24) is 0 Å². The van der Waals surface area contributed by atoms with E-state index >= 15 is 0 Å². The number of nitrogens with two attached hydrogens (primary N) is 1. The second kappa shape index (κ2) is 3.52. The molecule has 3 amide bonds. The number of hydrogen-bond acceptors (Lipinski definition) is 2. The molecule has 1 rings (SSSR count). The highest BCUT2D eigenvalue weighted by atomic mass is 16.2. The molecule has 0 saturated heterocycles. The highest BCUT2D eigenvalue weighted by Gasteiger charge is 2.10. The van der Waals surface area contributed by atoms with Crippen molar-refractivity contribution in [2.24, 2.45) is 5.73 Å². The largest absolute Gasteiger partial charge is 0.351 e. The minimum atomic E-state index is -0.837. The van der Waals surface area contributed by atoms with Crippen LogP contribution in [0.2, 0.25) is 0 Å². The Balaban J connectivity index is 2.95. The SMILES string of the molecule is NC(=O)N([C]=O)c1ccccc1. The smallest absolute Gasteiger partial charge is 0.326 e. The molecule has 1 aromatic carbocycles.